The maximum Gasteiger partial charge on any atom is 0.0954 e. The van der Waals surface area contributed by atoms with E-state index in [0.29, 0.717) is 12.8 Å². The van der Waals surface area contributed by atoms with Gasteiger partial charge < -0.3 is 5.11 Å². The number of nitrogens with zero attached hydrogens (tertiary/aromatic N) is 1. The zero-order valence-corrected chi connectivity index (χ0v) is 8.69. The summed E-state index contributed by atoms with van der Waals surface area (Å²) in [6, 6.07) is 0. The summed E-state index contributed by atoms with van der Waals surface area (Å²) in [7, 11) is 0. The summed E-state index contributed by atoms with van der Waals surface area (Å²) in [5, 5.41) is 12.5. The standard InChI is InChI=1S/C10H13NOS/c1-3-4-5-9(12)6-10-11-8(2)7-13-10/h7,9,12H,5-6H2,1-2H3. The van der Waals surface area contributed by atoms with Gasteiger partial charge in [-0.25, -0.2) is 4.98 Å². The fourth-order valence-corrected chi connectivity index (χ4v) is 1.83. The fourth-order valence-electron chi connectivity index (χ4n) is 0.990. The minimum absolute atomic E-state index is 0.377. The molecule has 2 nitrogen and oxygen atoms in total. The molecule has 0 bridgehead atoms. The van der Waals surface area contributed by atoms with Crippen LogP contribution in [0.2, 0.25) is 0 Å². The normalized spacial score (nSPS) is 11.9. The SMILES string of the molecule is CC#CCC(O)Cc1nc(C)cs1. The summed E-state index contributed by atoms with van der Waals surface area (Å²) in [6.45, 7) is 3.73. The first-order valence-electron chi connectivity index (χ1n) is 4.21. The first-order valence-corrected chi connectivity index (χ1v) is 5.09. The van der Waals surface area contributed by atoms with Crippen LogP contribution in [-0.4, -0.2) is 16.2 Å². The van der Waals surface area contributed by atoms with Crippen LogP contribution in [0.5, 0.6) is 0 Å². The Hall–Kier alpha value is -0.850. The highest BCUT2D eigenvalue weighted by atomic mass is 32.1. The molecule has 0 amide bonds. The van der Waals surface area contributed by atoms with Crippen molar-refractivity contribution < 1.29 is 5.11 Å². The summed E-state index contributed by atoms with van der Waals surface area (Å²) in [4.78, 5) is 4.27. The largest absolute Gasteiger partial charge is 0.392 e. The van der Waals surface area contributed by atoms with Gasteiger partial charge in [0.15, 0.2) is 0 Å². The molecule has 0 spiro atoms. The van der Waals surface area contributed by atoms with Crippen LogP contribution in [0.3, 0.4) is 0 Å². The van der Waals surface area contributed by atoms with Crippen LogP contribution in [0.15, 0.2) is 5.38 Å². The van der Waals surface area contributed by atoms with Crippen molar-refractivity contribution in [1.29, 1.82) is 0 Å². The van der Waals surface area contributed by atoms with Crippen molar-refractivity contribution >= 4 is 11.3 Å². The molecule has 1 unspecified atom stereocenters. The average molecular weight is 195 g/mol. The Balaban J connectivity index is 2.43. The van der Waals surface area contributed by atoms with E-state index in [1.54, 1.807) is 18.3 Å². The molecule has 0 aliphatic carbocycles. The third kappa shape index (κ3) is 3.58. The van der Waals surface area contributed by atoms with Crippen molar-refractivity contribution in [3.05, 3.63) is 16.1 Å². The molecule has 0 aliphatic rings. The van der Waals surface area contributed by atoms with E-state index in [1.807, 2.05) is 12.3 Å². The first-order chi connectivity index (χ1) is 6.22. The van der Waals surface area contributed by atoms with Gasteiger partial charge in [0.05, 0.1) is 11.1 Å². The second-order valence-corrected chi connectivity index (χ2v) is 3.81. The van der Waals surface area contributed by atoms with Gasteiger partial charge in [-0.2, -0.15) is 0 Å². The number of rotatable bonds is 3. The van der Waals surface area contributed by atoms with Gasteiger partial charge in [-0.15, -0.1) is 23.2 Å². The number of hydrogen-bond acceptors (Lipinski definition) is 3. The van der Waals surface area contributed by atoms with Crippen LogP contribution in [0.1, 0.15) is 24.0 Å². The zero-order valence-electron chi connectivity index (χ0n) is 7.87. The quantitative estimate of drug-likeness (QED) is 0.746. The summed E-state index contributed by atoms with van der Waals surface area (Å²) in [5.41, 5.74) is 1.02. The van der Waals surface area contributed by atoms with Gasteiger partial charge in [0, 0.05) is 23.9 Å². The maximum absolute atomic E-state index is 9.51. The van der Waals surface area contributed by atoms with E-state index in [1.165, 1.54) is 0 Å². The number of aliphatic hydroxyl groups excluding tert-OH is 1. The lowest BCUT2D eigenvalue weighted by Crippen LogP contribution is -2.08. The molecule has 0 aliphatic heterocycles. The molecule has 0 radical (unpaired) electrons. The van der Waals surface area contributed by atoms with E-state index < -0.39 is 0 Å². The molecule has 1 aromatic heterocycles. The average Bonchev–Trinajstić information content (AvgIpc) is 2.48. The molecular weight excluding hydrogens is 182 g/mol. The lowest BCUT2D eigenvalue weighted by Gasteiger charge is -2.02. The second kappa shape index (κ2) is 5.00. The molecule has 0 aromatic carbocycles. The minimum atomic E-state index is -0.377. The molecule has 70 valence electrons. The van der Waals surface area contributed by atoms with Crippen molar-refractivity contribution in [3.63, 3.8) is 0 Å². The van der Waals surface area contributed by atoms with Gasteiger partial charge in [-0.3, -0.25) is 0 Å². The highest BCUT2D eigenvalue weighted by Crippen LogP contribution is 2.11. The topological polar surface area (TPSA) is 33.1 Å². The van der Waals surface area contributed by atoms with Gasteiger partial charge in [-0.05, 0) is 13.8 Å². The highest BCUT2D eigenvalue weighted by Gasteiger charge is 2.06. The maximum atomic E-state index is 9.51. The van der Waals surface area contributed by atoms with E-state index in [9.17, 15) is 5.11 Å². The van der Waals surface area contributed by atoms with Gasteiger partial charge in [0.25, 0.3) is 0 Å². The van der Waals surface area contributed by atoms with Crippen molar-refractivity contribution in [1.82, 2.24) is 4.98 Å². The lowest BCUT2D eigenvalue weighted by atomic mass is 10.2. The molecule has 1 heterocycles. The third-order valence-corrected chi connectivity index (χ3v) is 2.58. The number of aromatic nitrogens is 1. The zero-order chi connectivity index (χ0) is 9.68. The van der Waals surface area contributed by atoms with Crippen molar-refractivity contribution in [2.45, 2.75) is 32.8 Å². The van der Waals surface area contributed by atoms with Gasteiger partial charge >= 0.3 is 0 Å². The molecule has 0 saturated carbocycles. The van der Waals surface area contributed by atoms with E-state index in [-0.39, 0.29) is 6.10 Å². The monoisotopic (exact) mass is 195 g/mol. The molecule has 0 fully saturated rings. The van der Waals surface area contributed by atoms with Crippen LogP contribution in [0.25, 0.3) is 0 Å². The van der Waals surface area contributed by atoms with E-state index in [0.717, 1.165) is 10.7 Å². The highest BCUT2D eigenvalue weighted by molar-refractivity contribution is 7.09. The lowest BCUT2D eigenvalue weighted by molar-refractivity contribution is 0.180. The van der Waals surface area contributed by atoms with Crippen molar-refractivity contribution in [3.8, 4) is 11.8 Å². The van der Waals surface area contributed by atoms with Gasteiger partial charge in [0.1, 0.15) is 0 Å². The molecule has 13 heavy (non-hydrogen) atoms. The van der Waals surface area contributed by atoms with E-state index in [4.69, 9.17) is 0 Å². The Bertz CT molecular complexity index is 321. The summed E-state index contributed by atoms with van der Waals surface area (Å²) in [6.07, 6.45) is 0.778. The number of aliphatic hydroxyl groups is 1. The van der Waals surface area contributed by atoms with Gasteiger partial charge in [0.2, 0.25) is 0 Å². The molecule has 1 N–H and O–H groups in total. The van der Waals surface area contributed by atoms with Crippen LogP contribution in [0, 0.1) is 18.8 Å². The molecule has 1 rings (SSSR count). The second-order valence-electron chi connectivity index (χ2n) is 2.87. The number of aryl methyl sites for hydroxylation is 1. The Morgan fingerprint density at radius 3 is 3.00 bits per heavy atom. The van der Waals surface area contributed by atoms with Crippen molar-refractivity contribution in [2.24, 2.45) is 0 Å². The van der Waals surface area contributed by atoms with E-state index in [2.05, 4.69) is 16.8 Å². The predicted octanol–water partition coefficient (Wildman–Crippen LogP) is 1.77. The minimum Gasteiger partial charge on any atom is -0.392 e. The molecular formula is C10H13NOS. The Labute approximate surface area is 82.6 Å². The Kier molecular flexibility index (Phi) is 3.94. The smallest absolute Gasteiger partial charge is 0.0954 e. The van der Waals surface area contributed by atoms with Crippen LogP contribution in [-0.2, 0) is 6.42 Å². The van der Waals surface area contributed by atoms with Crippen LogP contribution in [0.4, 0.5) is 0 Å². The molecule has 1 aromatic rings. The summed E-state index contributed by atoms with van der Waals surface area (Å²) >= 11 is 1.59. The molecule has 1 atom stereocenters. The Morgan fingerprint density at radius 1 is 1.69 bits per heavy atom. The third-order valence-electron chi connectivity index (χ3n) is 1.59. The summed E-state index contributed by atoms with van der Waals surface area (Å²) in [5.74, 6) is 5.61. The fraction of sp³-hybridized carbons (Fsp3) is 0.500. The Morgan fingerprint density at radius 2 is 2.46 bits per heavy atom. The summed E-state index contributed by atoms with van der Waals surface area (Å²) < 4.78 is 0. The van der Waals surface area contributed by atoms with Crippen molar-refractivity contribution in [2.75, 3.05) is 0 Å². The van der Waals surface area contributed by atoms with Crippen LogP contribution >= 0.6 is 11.3 Å². The predicted molar refractivity (Wildman–Crippen MR) is 54.6 cm³/mol. The number of hydrogen-bond donors (Lipinski definition) is 1. The van der Waals surface area contributed by atoms with E-state index >= 15 is 0 Å². The first kappa shape index (κ1) is 10.2. The number of thiazole rings is 1. The van der Waals surface area contributed by atoms with Crippen LogP contribution < -0.4 is 0 Å². The van der Waals surface area contributed by atoms with Gasteiger partial charge in [-0.1, -0.05) is 0 Å². The molecule has 0 saturated heterocycles. The molecule has 3 heteroatoms.